The molecule has 0 saturated carbocycles. The predicted octanol–water partition coefficient (Wildman–Crippen LogP) is 2.07. The van der Waals surface area contributed by atoms with Gasteiger partial charge in [-0.1, -0.05) is 22.0 Å². The maximum atomic E-state index is 14.0. The van der Waals surface area contributed by atoms with Gasteiger partial charge in [-0.3, -0.25) is 16.2 Å². The van der Waals surface area contributed by atoms with Gasteiger partial charge in [0.2, 0.25) is 0 Å². The largest absolute Gasteiger partial charge is 0.374 e. The third-order valence-corrected chi connectivity index (χ3v) is 4.47. The van der Waals surface area contributed by atoms with Gasteiger partial charge in [-0.15, -0.1) is 0 Å². The van der Waals surface area contributed by atoms with Crippen molar-refractivity contribution in [3.8, 4) is 0 Å². The molecule has 0 bridgehead atoms. The lowest BCUT2D eigenvalue weighted by Gasteiger charge is -2.38. The minimum atomic E-state index is -0.221. The van der Waals surface area contributed by atoms with Crippen LogP contribution < -0.4 is 11.3 Å². The van der Waals surface area contributed by atoms with E-state index in [1.807, 2.05) is 6.07 Å². The summed E-state index contributed by atoms with van der Waals surface area (Å²) in [7, 11) is 0. The molecule has 4 nitrogen and oxygen atoms in total. The van der Waals surface area contributed by atoms with Crippen LogP contribution in [0.5, 0.6) is 0 Å². The van der Waals surface area contributed by atoms with Gasteiger partial charge >= 0.3 is 0 Å². The Hall–Kier alpha value is -0.530. The number of rotatable bonds is 5. The molecule has 0 amide bonds. The zero-order valence-electron chi connectivity index (χ0n) is 12.5. The van der Waals surface area contributed by atoms with Crippen LogP contribution in [0.4, 0.5) is 4.39 Å². The van der Waals surface area contributed by atoms with Gasteiger partial charge in [0.25, 0.3) is 0 Å². The summed E-state index contributed by atoms with van der Waals surface area (Å²) < 4.78 is 20.5. The molecule has 2 atom stereocenters. The summed E-state index contributed by atoms with van der Waals surface area (Å²) in [5, 5.41) is 0. The van der Waals surface area contributed by atoms with E-state index >= 15 is 0 Å². The molecule has 1 aliphatic rings. The maximum Gasteiger partial charge on any atom is 0.127 e. The molecule has 0 spiro atoms. The average molecular weight is 360 g/mol. The fourth-order valence-electron chi connectivity index (χ4n) is 2.63. The third-order valence-electron chi connectivity index (χ3n) is 3.97. The first-order chi connectivity index (χ1) is 10.0. The zero-order valence-corrected chi connectivity index (χ0v) is 14.1. The summed E-state index contributed by atoms with van der Waals surface area (Å²) >= 11 is 3.27. The van der Waals surface area contributed by atoms with Crippen LogP contribution >= 0.6 is 15.9 Å². The normalized spacial score (nSPS) is 21.7. The highest BCUT2D eigenvalue weighted by atomic mass is 79.9. The van der Waals surface area contributed by atoms with Gasteiger partial charge in [-0.25, -0.2) is 4.39 Å². The fourth-order valence-corrected chi connectivity index (χ4v) is 2.96. The molecule has 0 aliphatic carbocycles. The maximum absolute atomic E-state index is 14.0. The summed E-state index contributed by atoms with van der Waals surface area (Å²) in [6.45, 7) is 6.76. The molecule has 2 unspecified atom stereocenters. The minimum absolute atomic E-state index is 0.0332. The molecule has 0 radical (unpaired) electrons. The first kappa shape index (κ1) is 16.8. The topological polar surface area (TPSA) is 50.5 Å². The van der Waals surface area contributed by atoms with Crippen LogP contribution in [0.3, 0.4) is 0 Å². The van der Waals surface area contributed by atoms with E-state index in [9.17, 15) is 4.39 Å². The van der Waals surface area contributed by atoms with Gasteiger partial charge in [0.05, 0.1) is 18.8 Å². The van der Waals surface area contributed by atoms with Crippen LogP contribution in [-0.2, 0) is 11.2 Å². The smallest absolute Gasteiger partial charge is 0.127 e. The van der Waals surface area contributed by atoms with Crippen LogP contribution in [0, 0.1) is 5.82 Å². The Morgan fingerprint density at radius 3 is 2.90 bits per heavy atom. The Kier molecular flexibility index (Phi) is 6.13. The van der Waals surface area contributed by atoms with Crippen molar-refractivity contribution in [1.82, 2.24) is 10.3 Å². The number of hydrazine groups is 1. The molecule has 1 fully saturated rings. The standard InChI is InChI=1S/C15H23BrFN3O/c1-10(2)20-5-6-21-15(9-20)14(19-18)7-11-3-4-12(16)8-13(11)17/h3-4,8,10,14-15,19H,5-7,9,18H2,1-2H3. The molecule has 3 N–H and O–H groups in total. The first-order valence-electron chi connectivity index (χ1n) is 7.27. The van der Waals surface area contributed by atoms with E-state index in [0.717, 1.165) is 17.6 Å². The molecule has 2 rings (SSSR count). The van der Waals surface area contributed by atoms with Crippen molar-refractivity contribution in [3.63, 3.8) is 0 Å². The van der Waals surface area contributed by atoms with Crippen molar-refractivity contribution in [1.29, 1.82) is 0 Å². The number of halogens is 2. The monoisotopic (exact) mass is 359 g/mol. The first-order valence-corrected chi connectivity index (χ1v) is 8.06. The number of hydrogen-bond acceptors (Lipinski definition) is 4. The average Bonchev–Trinajstić information content (AvgIpc) is 2.46. The second kappa shape index (κ2) is 7.65. The summed E-state index contributed by atoms with van der Waals surface area (Å²) in [6.07, 6.45) is 0.473. The van der Waals surface area contributed by atoms with Crippen LogP contribution in [0.25, 0.3) is 0 Å². The van der Waals surface area contributed by atoms with Crippen LogP contribution in [0.2, 0.25) is 0 Å². The zero-order chi connectivity index (χ0) is 15.4. The number of benzene rings is 1. The summed E-state index contributed by atoms with van der Waals surface area (Å²) in [5.74, 6) is 5.45. The fraction of sp³-hybridized carbons (Fsp3) is 0.600. The highest BCUT2D eigenvalue weighted by Crippen LogP contribution is 2.19. The van der Waals surface area contributed by atoms with E-state index in [1.54, 1.807) is 6.07 Å². The number of nitrogens with zero attached hydrogens (tertiary/aromatic N) is 1. The molecule has 21 heavy (non-hydrogen) atoms. The summed E-state index contributed by atoms with van der Waals surface area (Å²) in [6, 6.07) is 5.47. The molecule has 6 heteroatoms. The highest BCUT2D eigenvalue weighted by molar-refractivity contribution is 9.10. The van der Waals surface area contributed by atoms with Crippen molar-refractivity contribution < 1.29 is 9.13 Å². The van der Waals surface area contributed by atoms with Crippen LogP contribution in [0.1, 0.15) is 19.4 Å². The number of ether oxygens (including phenoxy) is 1. The number of morpholine rings is 1. The van der Waals surface area contributed by atoms with Gasteiger partial charge in [0, 0.05) is 23.6 Å². The van der Waals surface area contributed by atoms with Gasteiger partial charge in [-0.05, 0) is 38.0 Å². The molecule has 1 aliphatic heterocycles. The lowest BCUT2D eigenvalue weighted by Crippen LogP contribution is -2.56. The SMILES string of the molecule is CC(C)N1CCOC(C(Cc2ccc(Br)cc2F)NN)C1. The highest BCUT2D eigenvalue weighted by Gasteiger charge is 2.29. The van der Waals surface area contributed by atoms with Gasteiger partial charge in [0.15, 0.2) is 0 Å². The van der Waals surface area contributed by atoms with Gasteiger partial charge in [-0.2, -0.15) is 0 Å². The molecular weight excluding hydrogens is 337 g/mol. The van der Waals surface area contributed by atoms with Gasteiger partial charge in [0.1, 0.15) is 5.82 Å². The molecule has 1 aromatic carbocycles. The quantitative estimate of drug-likeness (QED) is 0.624. The van der Waals surface area contributed by atoms with Crippen molar-refractivity contribution >= 4 is 15.9 Å². The van der Waals surface area contributed by atoms with E-state index in [1.165, 1.54) is 6.07 Å². The Morgan fingerprint density at radius 2 is 2.29 bits per heavy atom. The van der Waals surface area contributed by atoms with E-state index < -0.39 is 0 Å². The van der Waals surface area contributed by atoms with E-state index in [-0.39, 0.29) is 18.0 Å². The summed E-state index contributed by atoms with van der Waals surface area (Å²) in [5.41, 5.74) is 3.44. The molecule has 1 saturated heterocycles. The Labute approximate surface area is 133 Å². The lowest BCUT2D eigenvalue weighted by atomic mass is 9.99. The van der Waals surface area contributed by atoms with Crippen molar-refractivity contribution in [2.24, 2.45) is 5.84 Å². The van der Waals surface area contributed by atoms with E-state index in [0.29, 0.717) is 24.6 Å². The second-order valence-corrected chi connectivity index (χ2v) is 6.63. The molecule has 118 valence electrons. The lowest BCUT2D eigenvalue weighted by molar-refractivity contribution is -0.0553. The van der Waals surface area contributed by atoms with E-state index in [4.69, 9.17) is 10.6 Å². The Morgan fingerprint density at radius 1 is 1.52 bits per heavy atom. The van der Waals surface area contributed by atoms with Gasteiger partial charge < -0.3 is 4.74 Å². The molecular formula is C15H23BrFN3O. The number of hydrogen-bond donors (Lipinski definition) is 2. The Bertz CT molecular complexity index is 472. The van der Waals surface area contributed by atoms with Crippen molar-refractivity contribution in [3.05, 3.63) is 34.1 Å². The van der Waals surface area contributed by atoms with E-state index in [2.05, 4.69) is 40.1 Å². The van der Waals surface area contributed by atoms with Crippen molar-refractivity contribution in [2.75, 3.05) is 19.7 Å². The minimum Gasteiger partial charge on any atom is -0.374 e. The van der Waals surface area contributed by atoms with Crippen LogP contribution in [-0.4, -0.2) is 42.8 Å². The van der Waals surface area contributed by atoms with Crippen LogP contribution in [0.15, 0.2) is 22.7 Å². The molecule has 1 aromatic rings. The number of nitrogens with one attached hydrogen (secondary N) is 1. The molecule has 1 heterocycles. The Balaban J connectivity index is 2.05. The molecule has 0 aromatic heterocycles. The van der Waals surface area contributed by atoms with Crippen molar-refractivity contribution in [2.45, 2.75) is 38.5 Å². The predicted molar refractivity (Wildman–Crippen MR) is 85.4 cm³/mol. The summed E-state index contributed by atoms with van der Waals surface area (Å²) in [4.78, 5) is 2.36. The second-order valence-electron chi connectivity index (χ2n) is 5.71. The third kappa shape index (κ3) is 4.47. The number of nitrogens with two attached hydrogens (primary N) is 1.